The van der Waals surface area contributed by atoms with Crippen LogP contribution in [0, 0.1) is 0 Å². The van der Waals surface area contributed by atoms with Crippen molar-refractivity contribution >= 4 is 5.91 Å². The topological polar surface area (TPSA) is 62.5 Å². The van der Waals surface area contributed by atoms with Crippen LogP contribution in [0.15, 0.2) is 65.3 Å². The second kappa shape index (κ2) is 8.40. The molecule has 0 spiro atoms. The SMILES string of the molecule is CN(Cc1ccccc1)Cc1cc(C(=O)N(C)Cc2ccccn2)no1. The maximum atomic E-state index is 12.5. The minimum Gasteiger partial charge on any atom is -0.359 e. The third kappa shape index (κ3) is 4.77. The predicted molar refractivity (Wildman–Crippen MR) is 98.2 cm³/mol. The maximum absolute atomic E-state index is 12.5. The van der Waals surface area contributed by atoms with Crippen LogP contribution in [-0.4, -0.2) is 39.9 Å². The third-order valence-corrected chi connectivity index (χ3v) is 3.97. The van der Waals surface area contributed by atoms with Gasteiger partial charge in [0.15, 0.2) is 11.5 Å². The lowest BCUT2D eigenvalue weighted by Gasteiger charge is -2.15. The molecule has 0 saturated carbocycles. The molecule has 0 bridgehead atoms. The molecule has 2 aromatic heterocycles. The van der Waals surface area contributed by atoms with Crippen LogP contribution in [-0.2, 0) is 19.6 Å². The van der Waals surface area contributed by atoms with Crippen LogP contribution in [0.25, 0.3) is 0 Å². The number of nitrogens with zero attached hydrogens (tertiary/aromatic N) is 4. The summed E-state index contributed by atoms with van der Waals surface area (Å²) in [6.07, 6.45) is 1.71. The number of carbonyl (C=O) groups is 1. The highest BCUT2D eigenvalue weighted by Gasteiger charge is 2.18. The van der Waals surface area contributed by atoms with E-state index in [2.05, 4.69) is 27.2 Å². The molecule has 0 aliphatic rings. The van der Waals surface area contributed by atoms with E-state index in [4.69, 9.17) is 4.52 Å². The molecule has 1 amide bonds. The summed E-state index contributed by atoms with van der Waals surface area (Å²) < 4.78 is 5.34. The first kappa shape index (κ1) is 17.8. The highest BCUT2D eigenvalue weighted by atomic mass is 16.5. The van der Waals surface area contributed by atoms with Crippen LogP contribution in [0.4, 0.5) is 0 Å². The van der Waals surface area contributed by atoms with Gasteiger partial charge in [-0.25, -0.2) is 0 Å². The standard InChI is InChI=1S/C20H22N4O2/c1-23(13-16-8-4-3-5-9-16)15-18-12-19(22-26-18)20(25)24(2)14-17-10-6-7-11-21-17/h3-12H,13-15H2,1-2H3. The van der Waals surface area contributed by atoms with Crippen LogP contribution < -0.4 is 0 Å². The van der Waals surface area contributed by atoms with E-state index in [0.29, 0.717) is 24.5 Å². The van der Waals surface area contributed by atoms with Gasteiger partial charge in [0.25, 0.3) is 5.91 Å². The van der Waals surface area contributed by atoms with Gasteiger partial charge in [-0.3, -0.25) is 14.7 Å². The quantitative estimate of drug-likeness (QED) is 0.655. The summed E-state index contributed by atoms with van der Waals surface area (Å²) in [6, 6.07) is 17.5. The zero-order chi connectivity index (χ0) is 18.4. The average Bonchev–Trinajstić information content (AvgIpc) is 3.11. The molecule has 134 valence electrons. The monoisotopic (exact) mass is 350 g/mol. The number of carbonyl (C=O) groups excluding carboxylic acids is 1. The molecule has 26 heavy (non-hydrogen) atoms. The van der Waals surface area contributed by atoms with Crippen molar-refractivity contribution in [3.05, 3.63) is 83.5 Å². The van der Waals surface area contributed by atoms with Gasteiger partial charge in [-0.05, 0) is 24.7 Å². The molecule has 1 aromatic carbocycles. The number of hydrogen-bond acceptors (Lipinski definition) is 5. The van der Waals surface area contributed by atoms with E-state index in [1.807, 2.05) is 43.4 Å². The summed E-state index contributed by atoms with van der Waals surface area (Å²) in [6.45, 7) is 1.80. The minimum atomic E-state index is -0.184. The van der Waals surface area contributed by atoms with Gasteiger partial charge < -0.3 is 9.42 Å². The highest BCUT2D eigenvalue weighted by Crippen LogP contribution is 2.12. The molecule has 0 saturated heterocycles. The van der Waals surface area contributed by atoms with Crippen molar-refractivity contribution in [2.24, 2.45) is 0 Å². The molecule has 0 aliphatic carbocycles. The van der Waals surface area contributed by atoms with E-state index in [1.165, 1.54) is 5.56 Å². The second-order valence-electron chi connectivity index (χ2n) is 6.32. The molecular weight excluding hydrogens is 328 g/mol. The Morgan fingerprint density at radius 2 is 1.77 bits per heavy atom. The number of amides is 1. The summed E-state index contributed by atoms with van der Waals surface area (Å²) in [4.78, 5) is 20.4. The van der Waals surface area contributed by atoms with Gasteiger partial charge in [0.05, 0.1) is 18.8 Å². The molecule has 0 atom stereocenters. The molecule has 6 heteroatoms. The molecule has 0 aliphatic heterocycles. The van der Waals surface area contributed by atoms with Crippen LogP contribution in [0.3, 0.4) is 0 Å². The first-order chi connectivity index (χ1) is 12.6. The maximum Gasteiger partial charge on any atom is 0.276 e. The van der Waals surface area contributed by atoms with Crippen molar-refractivity contribution in [2.75, 3.05) is 14.1 Å². The Balaban J connectivity index is 1.57. The normalized spacial score (nSPS) is 10.9. The molecule has 2 heterocycles. The molecule has 0 unspecified atom stereocenters. The largest absolute Gasteiger partial charge is 0.359 e. The lowest BCUT2D eigenvalue weighted by Crippen LogP contribution is -2.26. The smallest absolute Gasteiger partial charge is 0.276 e. The highest BCUT2D eigenvalue weighted by molar-refractivity contribution is 5.92. The van der Waals surface area contributed by atoms with E-state index >= 15 is 0 Å². The van der Waals surface area contributed by atoms with Gasteiger partial charge in [0.2, 0.25) is 0 Å². The van der Waals surface area contributed by atoms with Crippen LogP contribution in [0.2, 0.25) is 0 Å². The first-order valence-electron chi connectivity index (χ1n) is 8.45. The van der Waals surface area contributed by atoms with Gasteiger partial charge in [-0.1, -0.05) is 41.6 Å². The zero-order valence-corrected chi connectivity index (χ0v) is 15.0. The van der Waals surface area contributed by atoms with E-state index < -0.39 is 0 Å². The number of rotatable bonds is 7. The molecule has 6 nitrogen and oxygen atoms in total. The van der Waals surface area contributed by atoms with Crippen molar-refractivity contribution in [1.29, 1.82) is 0 Å². The lowest BCUT2D eigenvalue weighted by molar-refractivity contribution is 0.0773. The molecule has 0 N–H and O–H groups in total. The fraction of sp³-hybridized carbons (Fsp3) is 0.250. The number of pyridine rings is 1. The molecule has 0 fully saturated rings. The number of hydrogen-bond donors (Lipinski definition) is 0. The summed E-state index contributed by atoms with van der Waals surface area (Å²) in [5.74, 6) is 0.481. The fourth-order valence-corrected chi connectivity index (χ4v) is 2.71. The number of benzene rings is 1. The van der Waals surface area contributed by atoms with Gasteiger partial charge in [-0.2, -0.15) is 0 Å². The Kier molecular flexibility index (Phi) is 5.76. The van der Waals surface area contributed by atoms with Gasteiger partial charge in [0.1, 0.15) is 0 Å². The summed E-state index contributed by atoms with van der Waals surface area (Å²) >= 11 is 0. The minimum absolute atomic E-state index is 0.184. The van der Waals surface area contributed by atoms with Crippen LogP contribution in [0.1, 0.15) is 27.5 Å². The van der Waals surface area contributed by atoms with Crippen molar-refractivity contribution in [3.63, 3.8) is 0 Å². The van der Waals surface area contributed by atoms with Crippen molar-refractivity contribution < 1.29 is 9.32 Å². The molecular formula is C20H22N4O2. The van der Waals surface area contributed by atoms with E-state index in [-0.39, 0.29) is 5.91 Å². The number of aromatic nitrogens is 2. The second-order valence-corrected chi connectivity index (χ2v) is 6.32. The zero-order valence-electron chi connectivity index (χ0n) is 15.0. The Morgan fingerprint density at radius 3 is 2.50 bits per heavy atom. The third-order valence-electron chi connectivity index (χ3n) is 3.97. The molecule has 3 aromatic rings. The Bertz CT molecular complexity index is 833. The van der Waals surface area contributed by atoms with Gasteiger partial charge in [0, 0.05) is 25.9 Å². The Morgan fingerprint density at radius 1 is 1.00 bits per heavy atom. The molecule has 0 radical (unpaired) electrons. The Labute approximate surface area is 153 Å². The van der Waals surface area contributed by atoms with E-state index in [0.717, 1.165) is 12.2 Å². The first-order valence-corrected chi connectivity index (χ1v) is 8.45. The fourth-order valence-electron chi connectivity index (χ4n) is 2.71. The summed E-state index contributed by atoms with van der Waals surface area (Å²) in [7, 11) is 3.73. The molecule has 3 rings (SSSR count). The van der Waals surface area contributed by atoms with Gasteiger partial charge >= 0.3 is 0 Å². The van der Waals surface area contributed by atoms with Crippen molar-refractivity contribution in [2.45, 2.75) is 19.6 Å². The van der Waals surface area contributed by atoms with Crippen LogP contribution in [0.5, 0.6) is 0 Å². The average molecular weight is 350 g/mol. The van der Waals surface area contributed by atoms with Gasteiger partial charge in [-0.15, -0.1) is 0 Å². The Hall–Kier alpha value is -2.99. The van der Waals surface area contributed by atoms with E-state index in [1.54, 1.807) is 24.2 Å². The van der Waals surface area contributed by atoms with Crippen LogP contribution >= 0.6 is 0 Å². The van der Waals surface area contributed by atoms with Crippen molar-refractivity contribution in [1.82, 2.24) is 19.9 Å². The van der Waals surface area contributed by atoms with E-state index in [9.17, 15) is 4.79 Å². The summed E-state index contributed by atoms with van der Waals surface area (Å²) in [5, 5.41) is 3.93. The summed E-state index contributed by atoms with van der Waals surface area (Å²) in [5.41, 5.74) is 2.36. The van der Waals surface area contributed by atoms with Crippen molar-refractivity contribution in [3.8, 4) is 0 Å². The lowest BCUT2D eigenvalue weighted by atomic mass is 10.2. The predicted octanol–water partition coefficient (Wildman–Crippen LogP) is 2.97.